The molecule has 0 spiro atoms. The molecule has 29 heavy (non-hydrogen) atoms. The monoisotopic (exact) mass is 415 g/mol. The molecule has 0 radical (unpaired) electrons. The SMILES string of the molecule is O=C(c1cccs1)N1CCCC(C(=O)N2CCN(Cc3ccccc3F)CC2)C1. The molecule has 1 aromatic carbocycles. The van der Waals surface area contributed by atoms with Gasteiger partial charge >= 0.3 is 0 Å². The number of carbonyl (C=O) groups is 2. The van der Waals surface area contributed by atoms with E-state index in [0.29, 0.717) is 31.7 Å². The molecule has 2 aliphatic rings. The van der Waals surface area contributed by atoms with Gasteiger partial charge in [-0.3, -0.25) is 14.5 Å². The zero-order valence-corrected chi connectivity index (χ0v) is 17.2. The molecule has 2 aliphatic heterocycles. The molecular weight excluding hydrogens is 389 g/mol. The summed E-state index contributed by atoms with van der Waals surface area (Å²) in [6.07, 6.45) is 1.70. The van der Waals surface area contributed by atoms with Crippen molar-refractivity contribution in [3.8, 4) is 0 Å². The van der Waals surface area contributed by atoms with Gasteiger partial charge in [-0.2, -0.15) is 0 Å². The number of rotatable bonds is 4. The molecule has 1 atom stereocenters. The number of halogens is 1. The molecule has 1 unspecified atom stereocenters. The second kappa shape index (κ2) is 9.05. The number of thiophene rings is 1. The lowest BCUT2D eigenvalue weighted by molar-refractivity contribution is -0.138. The maximum atomic E-state index is 13.9. The molecule has 5 nitrogen and oxygen atoms in total. The molecule has 0 bridgehead atoms. The zero-order valence-electron chi connectivity index (χ0n) is 16.4. The van der Waals surface area contributed by atoms with E-state index < -0.39 is 0 Å². The van der Waals surface area contributed by atoms with Crippen LogP contribution in [-0.2, 0) is 11.3 Å². The Labute approximate surface area is 174 Å². The fraction of sp³-hybridized carbons (Fsp3) is 0.455. The second-order valence-corrected chi connectivity index (χ2v) is 8.71. The first kappa shape index (κ1) is 20.0. The third kappa shape index (κ3) is 4.67. The van der Waals surface area contributed by atoms with E-state index in [1.54, 1.807) is 6.07 Å². The summed E-state index contributed by atoms with van der Waals surface area (Å²) in [5.41, 5.74) is 0.697. The van der Waals surface area contributed by atoms with Crippen molar-refractivity contribution in [1.29, 1.82) is 0 Å². The summed E-state index contributed by atoms with van der Waals surface area (Å²) in [6.45, 7) is 4.59. The number of amides is 2. The number of likely N-dealkylation sites (tertiary alicyclic amines) is 1. The fourth-order valence-electron chi connectivity index (χ4n) is 4.17. The van der Waals surface area contributed by atoms with Gasteiger partial charge in [-0.1, -0.05) is 24.3 Å². The Morgan fingerprint density at radius 1 is 1.00 bits per heavy atom. The van der Waals surface area contributed by atoms with Crippen molar-refractivity contribution in [3.05, 3.63) is 58.0 Å². The molecule has 0 saturated carbocycles. The van der Waals surface area contributed by atoms with Crippen molar-refractivity contribution in [3.63, 3.8) is 0 Å². The molecule has 2 aromatic rings. The first-order valence-corrected chi connectivity index (χ1v) is 11.1. The van der Waals surface area contributed by atoms with Crippen molar-refractivity contribution in [2.75, 3.05) is 39.3 Å². The van der Waals surface area contributed by atoms with Crippen LogP contribution in [0.5, 0.6) is 0 Å². The normalized spacial score (nSPS) is 20.7. The highest BCUT2D eigenvalue weighted by molar-refractivity contribution is 7.12. The Balaban J connectivity index is 1.30. The summed E-state index contributed by atoms with van der Waals surface area (Å²) in [7, 11) is 0. The Bertz CT molecular complexity index is 850. The van der Waals surface area contributed by atoms with Crippen LogP contribution in [0.1, 0.15) is 28.1 Å². The minimum atomic E-state index is -0.177. The minimum absolute atomic E-state index is 0.0345. The van der Waals surface area contributed by atoms with Gasteiger partial charge in [0.05, 0.1) is 10.8 Å². The predicted molar refractivity (Wildman–Crippen MR) is 111 cm³/mol. The van der Waals surface area contributed by atoms with Crippen LogP contribution in [0.15, 0.2) is 41.8 Å². The van der Waals surface area contributed by atoms with Gasteiger partial charge in [0.25, 0.3) is 5.91 Å². The summed E-state index contributed by atoms with van der Waals surface area (Å²) < 4.78 is 13.9. The highest BCUT2D eigenvalue weighted by Gasteiger charge is 2.33. The summed E-state index contributed by atoms with van der Waals surface area (Å²) in [5, 5.41) is 1.90. The third-order valence-corrected chi connectivity index (χ3v) is 6.68. The van der Waals surface area contributed by atoms with Crippen molar-refractivity contribution >= 4 is 23.2 Å². The maximum absolute atomic E-state index is 13.9. The lowest BCUT2D eigenvalue weighted by Crippen LogP contribution is -2.52. The molecule has 4 rings (SSSR count). The molecule has 3 heterocycles. The summed E-state index contributed by atoms with van der Waals surface area (Å²) in [4.78, 5) is 32.3. The summed E-state index contributed by atoms with van der Waals surface area (Å²) >= 11 is 1.45. The Hall–Kier alpha value is -2.25. The van der Waals surface area contributed by atoms with Gasteiger partial charge in [0.15, 0.2) is 0 Å². The average Bonchev–Trinajstić information content (AvgIpc) is 3.30. The van der Waals surface area contributed by atoms with Gasteiger partial charge in [0.2, 0.25) is 5.91 Å². The van der Waals surface area contributed by atoms with Gasteiger partial charge in [0, 0.05) is 51.4 Å². The number of benzene rings is 1. The van der Waals surface area contributed by atoms with Crippen LogP contribution < -0.4 is 0 Å². The van der Waals surface area contributed by atoms with Gasteiger partial charge in [0.1, 0.15) is 5.82 Å². The first-order valence-electron chi connectivity index (χ1n) is 10.2. The number of carbonyl (C=O) groups excluding carboxylic acids is 2. The van der Waals surface area contributed by atoms with Crippen LogP contribution in [0.4, 0.5) is 4.39 Å². The number of hydrogen-bond donors (Lipinski definition) is 0. The zero-order chi connectivity index (χ0) is 20.2. The van der Waals surface area contributed by atoms with E-state index in [1.165, 1.54) is 17.4 Å². The second-order valence-electron chi connectivity index (χ2n) is 7.76. The number of piperazine rings is 1. The molecule has 1 aromatic heterocycles. The number of hydrogen-bond acceptors (Lipinski definition) is 4. The van der Waals surface area contributed by atoms with E-state index in [9.17, 15) is 14.0 Å². The molecule has 2 saturated heterocycles. The van der Waals surface area contributed by atoms with Crippen LogP contribution >= 0.6 is 11.3 Å². The van der Waals surface area contributed by atoms with Gasteiger partial charge in [-0.15, -0.1) is 11.3 Å². The molecule has 2 amide bonds. The lowest BCUT2D eigenvalue weighted by atomic mass is 9.96. The molecule has 7 heteroatoms. The van der Waals surface area contributed by atoms with Crippen LogP contribution in [0, 0.1) is 11.7 Å². The van der Waals surface area contributed by atoms with Crippen LogP contribution in [-0.4, -0.2) is 65.8 Å². The van der Waals surface area contributed by atoms with Gasteiger partial charge in [-0.05, 0) is 30.4 Å². The highest BCUT2D eigenvalue weighted by atomic mass is 32.1. The first-order chi connectivity index (χ1) is 14.1. The van der Waals surface area contributed by atoms with E-state index in [-0.39, 0.29) is 23.5 Å². The third-order valence-electron chi connectivity index (χ3n) is 5.83. The van der Waals surface area contributed by atoms with Crippen molar-refractivity contribution < 1.29 is 14.0 Å². The van der Waals surface area contributed by atoms with E-state index in [1.807, 2.05) is 39.4 Å². The van der Waals surface area contributed by atoms with E-state index in [2.05, 4.69) is 4.90 Å². The quantitative estimate of drug-likeness (QED) is 0.771. The van der Waals surface area contributed by atoms with Gasteiger partial charge < -0.3 is 9.80 Å². The summed E-state index contributed by atoms with van der Waals surface area (Å²) in [6, 6.07) is 10.6. The minimum Gasteiger partial charge on any atom is -0.340 e. The van der Waals surface area contributed by atoms with Crippen LogP contribution in [0.3, 0.4) is 0 Å². The molecule has 2 fully saturated rings. The van der Waals surface area contributed by atoms with Crippen molar-refractivity contribution in [1.82, 2.24) is 14.7 Å². The van der Waals surface area contributed by atoms with Crippen LogP contribution in [0.2, 0.25) is 0 Å². The summed E-state index contributed by atoms with van der Waals surface area (Å²) in [5.74, 6) is -0.110. The van der Waals surface area contributed by atoms with Gasteiger partial charge in [-0.25, -0.2) is 4.39 Å². The fourth-order valence-corrected chi connectivity index (χ4v) is 4.86. The highest BCUT2D eigenvalue weighted by Crippen LogP contribution is 2.23. The standard InChI is InChI=1S/C22H26FN3O2S/c23-19-7-2-1-5-17(19)15-24-10-12-25(13-11-24)21(27)18-6-3-9-26(16-18)22(28)20-8-4-14-29-20/h1-2,4-5,7-8,14,18H,3,6,9-13,15-16H2. The molecule has 0 N–H and O–H groups in total. The van der Waals surface area contributed by atoms with E-state index in [0.717, 1.165) is 37.4 Å². The largest absolute Gasteiger partial charge is 0.340 e. The Morgan fingerprint density at radius 3 is 2.52 bits per heavy atom. The topological polar surface area (TPSA) is 43.9 Å². The molecular formula is C22H26FN3O2S. The number of nitrogens with zero attached hydrogens (tertiary/aromatic N) is 3. The lowest BCUT2D eigenvalue weighted by Gasteiger charge is -2.39. The smallest absolute Gasteiger partial charge is 0.263 e. The average molecular weight is 416 g/mol. The molecule has 154 valence electrons. The molecule has 0 aliphatic carbocycles. The van der Waals surface area contributed by atoms with E-state index >= 15 is 0 Å². The Kier molecular flexibility index (Phi) is 6.25. The number of piperidine rings is 1. The maximum Gasteiger partial charge on any atom is 0.263 e. The van der Waals surface area contributed by atoms with Crippen molar-refractivity contribution in [2.24, 2.45) is 5.92 Å². The van der Waals surface area contributed by atoms with Crippen LogP contribution in [0.25, 0.3) is 0 Å². The predicted octanol–water partition coefficient (Wildman–Crippen LogP) is 3.08. The Morgan fingerprint density at radius 2 is 1.79 bits per heavy atom. The van der Waals surface area contributed by atoms with E-state index in [4.69, 9.17) is 0 Å². The van der Waals surface area contributed by atoms with Crippen molar-refractivity contribution in [2.45, 2.75) is 19.4 Å².